The van der Waals surface area contributed by atoms with E-state index in [9.17, 15) is 14.9 Å². The first-order chi connectivity index (χ1) is 7.54. The molecular weight excluding hydrogens is 325 g/mol. The van der Waals surface area contributed by atoms with Crippen LogP contribution in [-0.4, -0.2) is 18.0 Å². The van der Waals surface area contributed by atoms with Crippen molar-refractivity contribution in [2.75, 3.05) is 7.11 Å². The minimum Gasteiger partial charge on any atom is -0.465 e. The minimum atomic E-state index is -0.473. The number of hydrogen-bond acceptors (Lipinski definition) is 4. The van der Waals surface area contributed by atoms with E-state index in [0.717, 1.165) is 0 Å². The molecule has 0 bridgehead atoms. The third kappa shape index (κ3) is 3.30. The number of esters is 1. The Morgan fingerprint density at radius 2 is 2.00 bits per heavy atom. The van der Waals surface area contributed by atoms with Gasteiger partial charge < -0.3 is 4.74 Å². The summed E-state index contributed by atoms with van der Waals surface area (Å²) in [5.74, 6) is -0.432. The fraction of sp³-hybridized carbons (Fsp3) is 0.100. The molecule has 0 aliphatic heterocycles. The van der Waals surface area contributed by atoms with Gasteiger partial charge in [-0.15, -0.1) is 0 Å². The molecule has 0 aliphatic rings. The number of carbonyl (C=O) groups excluding carboxylic acids is 1. The summed E-state index contributed by atoms with van der Waals surface area (Å²) in [6.45, 7) is 0. The molecule has 6 heteroatoms. The number of halogens is 1. The number of hydrogen-bond donors (Lipinski definition) is 0. The zero-order valence-corrected chi connectivity index (χ0v) is 10.5. The molecule has 0 spiro atoms. The second-order valence-corrected chi connectivity index (χ2v) is 3.99. The Morgan fingerprint density at radius 1 is 1.44 bits per heavy atom. The normalized spacial score (nSPS) is 11.0. The van der Waals surface area contributed by atoms with Crippen molar-refractivity contribution in [1.82, 2.24) is 0 Å². The van der Waals surface area contributed by atoms with Crippen LogP contribution in [0.15, 0.2) is 27.8 Å². The highest BCUT2D eigenvalue weighted by Crippen LogP contribution is 2.17. The van der Waals surface area contributed by atoms with Crippen LogP contribution in [0.5, 0.6) is 0 Å². The van der Waals surface area contributed by atoms with Crippen LogP contribution >= 0.6 is 22.6 Å². The van der Waals surface area contributed by atoms with E-state index in [1.54, 1.807) is 18.2 Å². The Bertz CT molecular complexity index is 439. The summed E-state index contributed by atoms with van der Waals surface area (Å²) in [6, 6.07) is 5.90. The monoisotopic (exact) mass is 333 g/mol. The van der Waals surface area contributed by atoms with Gasteiger partial charge in [0.05, 0.1) is 15.6 Å². The molecule has 0 aliphatic carbocycles. The zero-order valence-electron chi connectivity index (χ0n) is 8.34. The molecule has 0 atom stereocenters. The highest BCUT2D eigenvalue weighted by molar-refractivity contribution is 14.1. The Morgan fingerprint density at radius 3 is 2.44 bits per heavy atom. The highest BCUT2D eigenvalue weighted by Gasteiger charge is 2.06. The van der Waals surface area contributed by atoms with Crippen LogP contribution in [0.25, 0.3) is 6.08 Å². The predicted octanol–water partition coefficient (Wildman–Crippen LogP) is 2.54. The van der Waals surface area contributed by atoms with Crippen LogP contribution in [0.2, 0.25) is 0 Å². The first-order valence-corrected chi connectivity index (χ1v) is 5.32. The first-order valence-electron chi connectivity index (χ1n) is 4.24. The van der Waals surface area contributed by atoms with E-state index in [1.807, 2.05) is 22.6 Å². The summed E-state index contributed by atoms with van der Waals surface area (Å²) < 4.78 is 4.93. The molecule has 84 valence electrons. The molecule has 0 unspecified atom stereocenters. The van der Waals surface area contributed by atoms with Gasteiger partial charge in [-0.2, -0.15) is 0 Å². The van der Waals surface area contributed by atoms with Gasteiger partial charge in [0.1, 0.15) is 0 Å². The lowest BCUT2D eigenvalue weighted by Crippen LogP contribution is -1.98. The van der Waals surface area contributed by atoms with E-state index in [0.29, 0.717) is 9.14 Å². The van der Waals surface area contributed by atoms with Crippen molar-refractivity contribution in [3.63, 3.8) is 0 Å². The van der Waals surface area contributed by atoms with Crippen molar-refractivity contribution < 1.29 is 14.5 Å². The molecule has 1 aromatic rings. The summed E-state index contributed by atoms with van der Waals surface area (Å²) in [5, 5.41) is 10.4. The van der Waals surface area contributed by atoms with Gasteiger partial charge >= 0.3 is 5.97 Å². The maximum Gasteiger partial charge on any atom is 0.344 e. The smallest absolute Gasteiger partial charge is 0.344 e. The van der Waals surface area contributed by atoms with Crippen LogP contribution in [-0.2, 0) is 9.53 Å². The third-order valence-corrected chi connectivity index (χ3v) is 2.53. The molecule has 0 N–H and O–H groups in total. The maximum atomic E-state index is 11.1. The molecule has 1 aromatic carbocycles. The molecule has 0 amide bonds. The zero-order chi connectivity index (χ0) is 12.1. The van der Waals surface area contributed by atoms with E-state index in [4.69, 9.17) is 0 Å². The number of nitro benzene ring substituents is 1. The van der Waals surface area contributed by atoms with Gasteiger partial charge in [-0.25, -0.2) is 4.79 Å². The quantitative estimate of drug-likeness (QED) is 0.280. The Labute approximate surface area is 105 Å². The minimum absolute atomic E-state index is 0.0187. The Hall–Kier alpha value is -1.44. The largest absolute Gasteiger partial charge is 0.465 e. The third-order valence-electron chi connectivity index (χ3n) is 1.78. The van der Waals surface area contributed by atoms with Crippen LogP contribution < -0.4 is 0 Å². The van der Waals surface area contributed by atoms with Crippen LogP contribution in [0.1, 0.15) is 5.56 Å². The van der Waals surface area contributed by atoms with Gasteiger partial charge in [0, 0.05) is 12.1 Å². The number of nitro groups is 1. The van der Waals surface area contributed by atoms with Crippen molar-refractivity contribution in [3.8, 4) is 0 Å². The van der Waals surface area contributed by atoms with Gasteiger partial charge in [0.25, 0.3) is 5.69 Å². The Balaban J connectivity index is 2.91. The van der Waals surface area contributed by atoms with E-state index in [-0.39, 0.29) is 5.69 Å². The van der Waals surface area contributed by atoms with Crippen molar-refractivity contribution in [1.29, 1.82) is 0 Å². The SMILES string of the molecule is COC(=O)/C(I)=C/c1ccc([N+](=O)[O-])cc1. The highest BCUT2D eigenvalue weighted by atomic mass is 127. The van der Waals surface area contributed by atoms with Gasteiger partial charge in [-0.3, -0.25) is 10.1 Å². The second kappa shape index (κ2) is 5.59. The lowest BCUT2D eigenvalue weighted by atomic mass is 10.2. The standard InChI is InChI=1S/C10H8INO4/c1-16-10(13)9(11)6-7-2-4-8(5-3-7)12(14)15/h2-6H,1H3/b9-6-. The summed E-state index contributed by atoms with van der Waals surface area (Å²) >= 11 is 1.85. The van der Waals surface area contributed by atoms with Gasteiger partial charge in [0.2, 0.25) is 0 Å². The summed E-state index contributed by atoms with van der Waals surface area (Å²) in [6.07, 6.45) is 1.59. The lowest BCUT2D eigenvalue weighted by Gasteiger charge is -1.97. The fourth-order valence-electron chi connectivity index (χ4n) is 0.995. The van der Waals surface area contributed by atoms with E-state index in [2.05, 4.69) is 4.74 Å². The molecule has 0 radical (unpaired) electrons. The molecule has 16 heavy (non-hydrogen) atoms. The topological polar surface area (TPSA) is 69.4 Å². The van der Waals surface area contributed by atoms with Crippen molar-refractivity contribution in [2.45, 2.75) is 0 Å². The van der Waals surface area contributed by atoms with Crippen LogP contribution in [0, 0.1) is 10.1 Å². The summed E-state index contributed by atoms with van der Waals surface area (Å²) in [4.78, 5) is 21.0. The second-order valence-electron chi connectivity index (χ2n) is 2.83. The van der Waals surface area contributed by atoms with Gasteiger partial charge in [0.15, 0.2) is 0 Å². The summed E-state index contributed by atoms with van der Waals surface area (Å²) in [5.41, 5.74) is 0.727. The molecule has 0 fully saturated rings. The molecule has 0 saturated carbocycles. The maximum absolute atomic E-state index is 11.1. The number of nitrogens with zero attached hydrogens (tertiary/aromatic N) is 1. The van der Waals surface area contributed by atoms with Crippen molar-refractivity contribution >= 4 is 40.3 Å². The van der Waals surface area contributed by atoms with Gasteiger partial charge in [-0.1, -0.05) is 0 Å². The van der Waals surface area contributed by atoms with Crippen LogP contribution in [0.3, 0.4) is 0 Å². The predicted molar refractivity (Wildman–Crippen MR) is 67.1 cm³/mol. The molecule has 1 rings (SSSR count). The number of ether oxygens (including phenoxy) is 1. The Kier molecular flexibility index (Phi) is 4.41. The van der Waals surface area contributed by atoms with Crippen molar-refractivity contribution in [2.24, 2.45) is 0 Å². The van der Waals surface area contributed by atoms with E-state index in [1.165, 1.54) is 19.2 Å². The molecule has 5 nitrogen and oxygen atoms in total. The average molecular weight is 333 g/mol. The number of non-ortho nitro benzene ring substituents is 1. The average Bonchev–Trinajstić information content (AvgIpc) is 2.28. The molecule has 0 heterocycles. The number of benzene rings is 1. The lowest BCUT2D eigenvalue weighted by molar-refractivity contribution is -0.384. The number of carbonyl (C=O) groups is 1. The fourth-order valence-corrected chi connectivity index (χ4v) is 1.57. The molecule has 0 aromatic heterocycles. The number of rotatable bonds is 3. The van der Waals surface area contributed by atoms with E-state index < -0.39 is 10.9 Å². The van der Waals surface area contributed by atoms with Crippen LogP contribution in [0.4, 0.5) is 5.69 Å². The van der Waals surface area contributed by atoms with Crippen molar-refractivity contribution in [3.05, 3.63) is 43.5 Å². The first kappa shape index (κ1) is 12.6. The number of methoxy groups -OCH3 is 1. The summed E-state index contributed by atoms with van der Waals surface area (Å²) in [7, 11) is 1.30. The van der Waals surface area contributed by atoms with E-state index >= 15 is 0 Å². The molecule has 0 saturated heterocycles. The van der Waals surface area contributed by atoms with Gasteiger partial charge in [-0.05, 0) is 46.4 Å². The molecular formula is C10H8INO4.